The molecular formula is C13H26N2O. The Morgan fingerprint density at radius 3 is 2.81 bits per heavy atom. The molecule has 0 aromatic heterocycles. The van der Waals surface area contributed by atoms with Crippen LogP contribution in [0.4, 0.5) is 0 Å². The molecule has 1 saturated heterocycles. The maximum absolute atomic E-state index is 5.48. The van der Waals surface area contributed by atoms with E-state index in [0.717, 1.165) is 38.3 Å². The Bertz CT molecular complexity index is 200. The molecule has 3 heteroatoms. The lowest BCUT2D eigenvalue weighted by Crippen LogP contribution is -2.41. The first-order chi connectivity index (χ1) is 7.77. The van der Waals surface area contributed by atoms with Crippen LogP contribution in [-0.4, -0.2) is 50.3 Å². The Morgan fingerprint density at radius 2 is 2.19 bits per heavy atom. The van der Waals surface area contributed by atoms with Crippen LogP contribution < -0.4 is 5.32 Å². The SMILES string of the molecule is CC(CNCC1CCCOC1)N(C)C1CC1. The molecule has 94 valence electrons. The topological polar surface area (TPSA) is 24.5 Å². The monoisotopic (exact) mass is 226 g/mol. The maximum atomic E-state index is 5.48. The first kappa shape index (κ1) is 12.3. The van der Waals surface area contributed by atoms with Gasteiger partial charge in [0.25, 0.3) is 0 Å². The van der Waals surface area contributed by atoms with Gasteiger partial charge in [0, 0.05) is 31.8 Å². The zero-order valence-electron chi connectivity index (χ0n) is 10.7. The predicted molar refractivity (Wildman–Crippen MR) is 66.7 cm³/mol. The molecule has 1 saturated carbocycles. The highest BCUT2D eigenvalue weighted by Gasteiger charge is 2.28. The molecular weight excluding hydrogens is 200 g/mol. The van der Waals surface area contributed by atoms with Crippen LogP contribution in [-0.2, 0) is 4.74 Å². The van der Waals surface area contributed by atoms with Gasteiger partial charge in [-0.3, -0.25) is 4.90 Å². The van der Waals surface area contributed by atoms with Crippen LogP contribution in [0.3, 0.4) is 0 Å². The minimum absolute atomic E-state index is 0.664. The van der Waals surface area contributed by atoms with Gasteiger partial charge in [-0.1, -0.05) is 0 Å². The minimum Gasteiger partial charge on any atom is -0.381 e. The first-order valence-corrected chi connectivity index (χ1v) is 6.77. The Hall–Kier alpha value is -0.120. The molecule has 0 bridgehead atoms. The number of nitrogens with one attached hydrogen (secondary N) is 1. The number of hydrogen-bond donors (Lipinski definition) is 1. The van der Waals surface area contributed by atoms with Gasteiger partial charge >= 0.3 is 0 Å². The summed E-state index contributed by atoms with van der Waals surface area (Å²) in [5, 5.41) is 3.60. The summed E-state index contributed by atoms with van der Waals surface area (Å²) in [6.45, 7) is 6.49. The number of hydrogen-bond acceptors (Lipinski definition) is 3. The van der Waals surface area contributed by atoms with Gasteiger partial charge in [-0.25, -0.2) is 0 Å². The third-order valence-corrected chi connectivity index (χ3v) is 3.95. The Morgan fingerprint density at radius 1 is 1.38 bits per heavy atom. The van der Waals surface area contributed by atoms with Gasteiger partial charge in [0.2, 0.25) is 0 Å². The summed E-state index contributed by atoms with van der Waals surface area (Å²) in [6, 6.07) is 1.53. The van der Waals surface area contributed by atoms with E-state index < -0.39 is 0 Å². The highest BCUT2D eigenvalue weighted by molar-refractivity contribution is 4.85. The zero-order valence-corrected chi connectivity index (χ0v) is 10.7. The number of likely N-dealkylation sites (N-methyl/N-ethyl adjacent to an activating group) is 1. The van der Waals surface area contributed by atoms with Crippen molar-refractivity contribution in [2.45, 2.75) is 44.7 Å². The fraction of sp³-hybridized carbons (Fsp3) is 1.00. The van der Waals surface area contributed by atoms with Crippen LogP contribution in [0.5, 0.6) is 0 Å². The molecule has 0 amide bonds. The average Bonchev–Trinajstić information content (AvgIpc) is 3.13. The standard InChI is InChI=1S/C13H26N2O/c1-11(15(2)13-5-6-13)8-14-9-12-4-3-7-16-10-12/h11-14H,3-10H2,1-2H3. The van der Waals surface area contributed by atoms with Gasteiger partial charge in [-0.2, -0.15) is 0 Å². The van der Waals surface area contributed by atoms with Crippen molar-refractivity contribution in [1.29, 1.82) is 0 Å². The molecule has 1 aliphatic heterocycles. The van der Waals surface area contributed by atoms with Gasteiger partial charge in [-0.15, -0.1) is 0 Å². The van der Waals surface area contributed by atoms with Crippen LogP contribution in [0.15, 0.2) is 0 Å². The summed E-state index contributed by atoms with van der Waals surface area (Å²) >= 11 is 0. The molecule has 1 N–H and O–H groups in total. The van der Waals surface area contributed by atoms with E-state index in [9.17, 15) is 0 Å². The summed E-state index contributed by atoms with van der Waals surface area (Å²) in [7, 11) is 2.26. The molecule has 0 radical (unpaired) electrons. The number of rotatable bonds is 6. The summed E-state index contributed by atoms with van der Waals surface area (Å²) in [5.41, 5.74) is 0. The second-order valence-electron chi connectivity index (χ2n) is 5.49. The molecule has 2 fully saturated rings. The summed E-state index contributed by atoms with van der Waals surface area (Å²) in [5.74, 6) is 0.743. The molecule has 1 aliphatic carbocycles. The van der Waals surface area contributed by atoms with Crippen LogP contribution in [0, 0.1) is 5.92 Å². The molecule has 3 nitrogen and oxygen atoms in total. The zero-order chi connectivity index (χ0) is 11.4. The molecule has 2 unspecified atom stereocenters. The van der Waals surface area contributed by atoms with Crippen molar-refractivity contribution in [2.75, 3.05) is 33.4 Å². The van der Waals surface area contributed by atoms with Crippen molar-refractivity contribution in [1.82, 2.24) is 10.2 Å². The van der Waals surface area contributed by atoms with E-state index in [2.05, 4.69) is 24.2 Å². The summed E-state index contributed by atoms with van der Waals surface area (Å²) in [4.78, 5) is 2.52. The first-order valence-electron chi connectivity index (χ1n) is 6.77. The normalized spacial score (nSPS) is 28.3. The molecule has 16 heavy (non-hydrogen) atoms. The van der Waals surface area contributed by atoms with E-state index in [4.69, 9.17) is 4.74 Å². The highest BCUT2D eigenvalue weighted by atomic mass is 16.5. The van der Waals surface area contributed by atoms with Gasteiger partial charge in [-0.05, 0) is 45.6 Å². The number of nitrogens with zero attached hydrogens (tertiary/aromatic N) is 1. The fourth-order valence-electron chi connectivity index (χ4n) is 2.45. The molecule has 0 aromatic carbocycles. The van der Waals surface area contributed by atoms with E-state index >= 15 is 0 Å². The van der Waals surface area contributed by atoms with E-state index in [1.54, 1.807) is 0 Å². The number of ether oxygens (including phenoxy) is 1. The average molecular weight is 226 g/mol. The van der Waals surface area contributed by atoms with Crippen LogP contribution >= 0.6 is 0 Å². The highest BCUT2D eigenvalue weighted by Crippen LogP contribution is 2.26. The molecule has 1 heterocycles. The molecule has 2 atom stereocenters. The summed E-state index contributed by atoms with van der Waals surface area (Å²) in [6.07, 6.45) is 5.37. The maximum Gasteiger partial charge on any atom is 0.0506 e. The molecule has 2 aliphatic rings. The van der Waals surface area contributed by atoms with E-state index in [0.29, 0.717) is 6.04 Å². The second-order valence-corrected chi connectivity index (χ2v) is 5.49. The fourth-order valence-corrected chi connectivity index (χ4v) is 2.45. The summed E-state index contributed by atoms with van der Waals surface area (Å²) < 4.78 is 5.48. The van der Waals surface area contributed by atoms with E-state index in [1.165, 1.54) is 25.7 Å². The van der Waals surface area contributed by atoms with Crippen molar-refractivity contribution < 1.29 is 4.74 Å². The van der Waals surface area contributed by atoms with Crippen molar-refractivity contribution in [3.63, 3.8) is 0 Å². The van der Waals surface area contributed by atoms with Crippen molar-refractivity contribution >= 4 is 0 Å². The molecule has 0 aromatic rings. The minimum atomic E-state index is 0.664. The van der Waals surface area contributed by atoms with Gasteiger partial charge in [0.15, 0.2) is 0 Å². The Kier molecular flexibility index (Phi) is 4.62. The van der Waals surface area contributed by atoms with Crippen molar-refractivity contribution in [3.05, 3.63) is 0 Å². The van der Waals surface area contributed by atoms with Gasteiger partial charge < -0.3 is 10.1 Å². The Labute approximate surface area is 99.5 Å². The third-order valence-electron chi connectivity index (χ3n) is 3.95. The molecule has 0 spiro atoms. The van der Waals surface area contributed by atoms with Gasteiger partial charge in [0.1, 0.15) is 0 Å². The lowest BCUT2D eigenvalue weighted by atomic mass is 10.0. The van der Waals surface area contributed by atoms with Crippen LogP contribution in [0.2, 0.25) is 0 Å². The quantitative estimate of drug-likeness (QED) is 0.742. The van der Waals surface area contributed by atoms with E-state index in [1.807, 2.05) is 0 Å². The smallest absolute Gasteiger partial charge is 0.0506 e. The molecule has 2 rings (SSSR count). The van der Waals surface area contributed by atoms with Crippen LogP contribution in [0.25, 0.3) is 0 Å². The van der Waals surface area contributed by atoms with E-state index in [-0.39, 0.29) is 0 Å². The third kappa shape index (κ3) is 3.72. The van der Waals surface area contributed by atoms with Crippen molar-refractivity contribution in [2.24, 2.45) is 5.92 Å². The predicted octanol–water partition coefficient (Wildman–Crippen LogP) is 1.49. The lowest BCUT2D eigenvalue weighted by molar-refractivity contribution is 0.0542. The van der Waals surface area contributed by atoms with Crippen molar-refractivity contribution in [3.8, 4) is 0 Å². The second kappa shape index (κ2) is 5.99. The van der Waals surface area contributed by atoms with Crippen LogP contribution in [0.1, 0.15) is 32.6 Å². The lowest BCUT2D eigenvalue weighted by Gasteiger charge is -2.27. The van der Waals surface area contributed by atoms with Gasteiger partial charge in [0.05, 0.1) is 6.61 Å². The Balaban J connectivity index is 1.55. The largest absolute Gasteiger partial charge is 0.381 e.